The number of aliphatic hydroxyl groups is 1. The summed E-state index contributed by atoms with van der Waals surface area (Å²) in [5.41, 5.74) is 2.30. The zero-order chi connectivity index (χ0) is 18.0. The molecule has 1 atom stereocenters. The number of hydrogen-bond donors (Lipinski definition) is 1. The van der Waals surface area contributed by atoms with Crippen molar-refractivity contribution in [1.82, 2.24) is 19.8 Å². The molecule has 0 spiro atoms. The lowest BCUT2D eigenvalue weighted by Crippen LogP contribution is -2.44. The van der Waals surface area contributed by atoms with Gasteiger partial charge in [0.1, 0.15) is 22.3 Å². The van der Waals surface area contributed by atoms with E-state index in [1.54, 1.807) is 4.68 Å². The first-order valence-electron chi connectivity index (χ1n) is 8.57. The van der Waals surface area contributed by atoms with E-state index in [9.17, 15) is 5.11 Å². The van der Waals surface area contributed by atoms with Crippen LogP contribution in [0.5, 0.6) is 0 Å². The molecular formula is C18H25ClN4O2. The second-order valence-electron chi connectivity index (χ2n) is 7.03. The number of rotatable bonds is 6. The van der Waals surface area contributed by atoms with Crippen LogP contribution in [-0.4, -0.2) is 44.6 Å². The normalized spacial score (nSPS) is 21.6. The fraction of sp³-hybridized carbons (Fsp3) is 0.556. The van der Waals surface area contributed by atoms with Crippen molar-refractivity contribution >= 4 is 11.6 Å². The quantitative estimate of drug-likeness (QED) is 0.797. The Morgan fingerprint density at radius 2 is 2.32 bits per heavy atom. The molecule has 2 aromatic heterocycles. The smallest absolute Gasteiger partial charge is 0.134 e. The molecule has 7 heteroatoms. The van der Waals surface area contributed by atoms with Gasteiger partial charge < -0.3 is 9.63 Å². The van der Waals surface area contributed by atoms with Crippen molar-refractivity contribution in [3.05, 3.63) is 35.2 Å². The first-order valence-corrected chi connectivity index (χ1v) is 8.95. The molecular weight excluding hydrogens is 340 g/mol. The highest BCUT2D eigenvalue weighted by Crippen LogP contribution is 2.36. The number of aliphatic hydroxyl groups excluding tert-OH is 1. The van der Waals surface area contributed by atoms with Gasteiger partial charge in [0.25, 0.3) is 0 Å². The van der Waals surface area contributed by atoms with Crippen LogP contribution in [-0.2, 0) is 13.6 Å². The average molecular weight is 365 g/mol. The largest absolute Gasteiger partial charge is 0.396 e. The van der Waals surface area contributed by atoms with Crippen LogP contribution in [0.2, 0.25) is 5.15 Å². The Morgan fingerprint density at radius 1 is 1.52 bits per heavy atom. The van der Waals surface area contributed by atoms with Gasteiger partial charge in [-0.25, -0.2) is 0 Å². The Bertz CT molecular complexity index is 754. The third-order valence-corrected chi connectivity index (χ3v) is 5.45. The van der Waals surface area contributed by atoms with Crippen molar-refractivity contribution in [2.45, 2.75) is 32.7 Å². The number of hydrogen-bond acceptors (Lipinski definition) is 5. The lowest BCUT2D eigenvalue weighted by atomic mass is 9.77. The minimum atomic E-state index is -0.112. The van der Waals surface area contributed by atoms with Gasteiger partial charge in [-0.1, -0.05) is 22.8 Å². The molecule has 1 aliphatic rings. The SMILES string of the molecule is C=CC[C@@]1(CO)CCCN(Cc2c(-c3cc(C)on3)nn(C)c2Cl)C1. The van der Waals surface area contributed by atoms with Gasteiger partial charge in [0.2, 0.25) is 0 Å². The van der Waals surface area contributed by atoms with Crippen molar-refractivity contribution < 1.29 is 9.63 Å². The maximum Gasteiger partial charge on any atom is 0.134 e. The zero-order valence-corrected chi connectivity index (χ0v) is 15.6. The second kappa shape index (κ2) is 7.32. The van der Waals surface area contributed by atoms with E-state index in [-0.39, 0.29) is 12.0 Å². The van der Waals surface area contributed by atoms with Gasteiger partial charge >= 0.3 is 0 Å². The van der Waals surface area contributed by atoms with Gasteiger partial charge in [0, 0.05) is 37.2 Å². The number of aromatic nitrogens is 3. The van der Waals surface area contributed by atoms with E-state index in [2.05, 4.69) is 21.7 Å². The lowest BCUT2D eigenvalue weighted by molar-refractivity contribution is 0.0310. The van der Waals surface area contributed by atoms with Gasteiger partial charge in [-0.15, -0.1) is 6.58 Å². The number of piperidine rings is 1. The fourth-order valence-corrected chi connectivity index (χ4v) is 3.89. The van der Waals surface area contributed by atoms with Crippen molar-refractivity contribution in [1.29, 1.82) is 0 Å². The first-order chi connectivity index (χ1) is 12.0. The number of aryl methyl sites for hydroxylation is 2. The summed E-state index contributed by atoms with van der Waals surface area (Å²) in [6.45, 7) is 8.34. The van der Waals surface area contributed by atoms with Crippen LogP contribution in [0.3, 0.4) is 0 Å². The molecule has 0 aromatic carbocycles. The van der Waals surface area contributed by atoms with E-state index in [0.717, 1.165) is 49.4 Å². The van der Waals surface area contributed by atoms with Crippen LogP contribution in [0.1, 0.15) is 30.6 Å². The molecule has 1 fully saturated rings. The van der Waals surface area contributed by atoms with Crippen molar-refractivity contribution in [3.8, 4) is 11.4 Å². The molecule has 3 heterocycles. The summed E-state index contributed by atoms with van der Waals surface area (Å²) in [6.07, 6.45) is 4.78. The van der Waals surface area contributed by atoms with Crippen LogP contribution >= 0.6 is 11.6 Å². The van der Waals surface area contributed by atoms with E-state index in [4.69, 9.17) is 16.1 Å². The highest BCUT2D eigenvalue weighted by molar-refractivity contribution is 6.30. The van der Waals surface area contributed by atoms with Gasteiger partial charge in [-0.3, -0.25) is 9.58 Å². The summed E-state index contributed by atoms with van der Waals surface area (Å²) >= 11 is 6.51. The third-order valence-electron chi connectivity index (χ3n) is 4.97. The topological polar surface area (TPSA) is 67.3 Å². The average Bonchev–Trinajstić information content (AvgIpc) is 3.14. The Kier molecular flexibility index (Phi) is 5.32. The van der Waals surface area contributed by atoms with Gasteiger partial charge in [0.15, 0.2) is 0 Å². The molecule has 0 aliphatic carbocycles. The van der Waals surface area contributed by atoms with E-state index < -0.39 is 0 Å². The van der Waals surface area contributed by atoms with Crippen molar-refractivity contribution in [2.24, 2.45) is 12.5 Å². The Balaban J connectivity index is 1.86. The molecule has 0 amide bonds. The summed E-state index contributed by atoms with van der Waals surface area (Å²) in [7, 11) is 1.83. The molecule has 6 nitrogen and oxygen atoms in total. The van der Waals surface area contributed by atoms with Crippen molar-refractivity contribution in [3.63, 3.8) is 0 Å². The van der Waals surface area contributed by atoms with Gasteiger partial charge in [-0.2, -0.15) is 5.10 Å². The van der Waals surface area contributed by atoms with Crippen LogP contribution in [0.25, 0.3) is 11.4 Å². The molecule has 2 aromatic rings. The van der Waals surface area contributed by atoms with Crippen LogP contribution < -0.4 is 0 Å². The summed E-state index contributed by atoms with van der Waals surface area (Å²) in [4.78, 5) is 2.34. The number of allylic oxidation sites excluding steroid dienone is 1. The minimum Gasteiger partial charge on any atom is -0.396 e. The first kappa shape index (κ1) is 18.2. The molecule has 3 rings (SSSR count). The van der Waals surface area contributed by atoms with Gasteiger partial charge in [0.05, 0.1) is 6.61 Å². The highest BCUT2D eigenvalue weighted by Gasteiger charge is 2.34. The third kappa shape index (κ3) is 3.66. The molecule has 136 valence electrons. The standard InChI is InChI=1S/C18H25ClN4O2/c1-4-6-18(12-24)7-5-8-23(11-18)10-14-16(20-22(3)17(14)19)15-9-13(2)25-21-15/h4,9,24H,1,5-8,10-12H2,2-3H3/t18-/m1/s1. The lowest BCUT2D eigenvalue weighted by Gasteiger charge is -2.41. The molecule has 25 heavy (non-hydrogen) atoms. The van der Waals surface area contributed by atoms with Crippen LogP contribution in [0.15, 0.2) is 23.2 Å². The van der Waals surface area contributed by atoms with E-state index in [0.29, 0.717) is 17.4 Å². The Hall–Kier alpha value is -1.63. The van der Waals surface area contributed by atoms with Crippen molar-refractivity contribution in [2.75, 3.05) is 19.7 Å². The Morgan fingerprint density at radius 3 is 2.96 bits per heavy atom. The highest BCUT2D eigenvalue weighted by atomic mass is 35.5. The second-order valence-corrected chi connectivity index (χ2v) is 7.39. The maximum absolute atomic E-state index is 9.91. The predicted molar refractivity (Wildman–Crippen MR) is 97.3 cm³/mol. The summed E-state index contributed by atoms with van der Waals surface area (Å²) in [6, 6.07) is 1.87. The van der Waals surface area contributed by atoms with E-state index in [1.165, 1.54) is 0 Å². The van der Waals surface area contributed by atoms with E-state index >= 15 is 0 Å². The summed E-state index contributed by atoms with van der Waals surface area (Å²) in [5, 5.41) is 19.1. The zero-order valence-electron chi connectivity index (χ0n) is 14.8. The molecule has 0 bridgehead atoms. The molecule has 1 saturated heterocycles. The summed E-state index contributed by atoms with van der Waals surface area (Å²) < 4.78 is 6.87. The fourth-order valence-electron chi connectivity index (χ4n) is 3.71. The number of halogens is 1. The monoisotopic (exact) mass is 364 g/mol. The maximum atomic E-state index is 9.91. The Labute approximate surface area is 153 Å². The number of nitrogens with zero attached hydrogens (tertiary/aromatic N) is 4. The van der Waals surface area contributed by atoms with Gasteiger partial charge in [-0.05, 0) is 32.7 Å². The molecule has 0 saturated carbocycles. The van der Waals surface area contributed by atoms with Crippen LogP contribution in [0, 0.1) is 12.3 Å². The molecule has 0 unspecified atom stereocenters. The predicted octanol–water partition coefficient (Wildman–Crippen LogP) is 3.19. The number of likely N-dealkylation sites (tertiary alicyclic amines) is 1. The van der Waals surface area contributed by atoms with Crippen LogP contribution in [0.4, 0.5) is 0 Å². The minimum absolute atomic E-state index is 0.112. The molecule has 1 N–H and O–H groups in total. The summed E-state index contributed by atoms with van der Waals surface area (Å²) in [5.74, 6) is 0.742. The molecule has 0 radical (unpaired) electrons. The van der Waals surface area contributed by atoms with E-state index in [1.807, 2.05) is 26.1 Å². The molecule has 1 aliphatic heterocycles.